The Labute approximate surface area is 161 Å². The van der Waals surface area contributed by atoms with Gasteiger partial charge in [0.25, 0.3) is 0 Å². The molecule has 0 amide bonds. The lowest BCUT2D eigenvalue weighted by Crippen LogP contribution is -1.95. The van der Waals surface area contributed by atoms with Gasteiger partial charge in [-0.3, -0.25) is 0 Å². The summed E-state index contributed by atoms with van der Waals surface area (Å²) >= 11 is 0. The van der Waals surface area contributed by atoms with E-state index in [1.54, 1.807) is 0 Å². The Hall–Kier alpha value is 0. The molecule has 0 spiro atoms. The Morgan fingerprint density at radius 2 is 0.920 bits per heavy atom. The molecule has 0 rings (SSSR count). The number of hydrogen-bond acceptors (Lipinski definition) is 0. The molecule has 0 aromatic carbocycles. The molecule has 151 valence electrons. The van der Waals surface area contributed by atoms with Gasteiger partial charge in [-0.25, -0.2) is 0 Å². The SMILES string of the molecule is CCCCCCCCCCCC[CH]CC(C)CCCCCCCCC. The van der Waals surface area contributed by atoms with E-state index in [0.717, 1.165) is 5.92 Å². The van der Waals surface area contributed by atoms with Gasteiger partial charge < -0.3 is 0 Å². The Bertz CT molecular complexity index is 220. The van der Waals surface area contributed by atoms with Crippen molar-refractivity contribution in [1.29, 1.82) is 0 Å². The van der Waals surface area contributed by atoms with Gasteiger partial charge in [-0.15, -0.1) is 0 Å². The average molecular weight is 352 g/mol. The first-order chi connectivity index (χ1) is 12.3. The van der Waals surface area contributed by atoms with Crippen LogP contribution in [0, 0.1) is 12.3 Å². The summed E-state index contributed by atoms with van der Waals surface area (Å²) in [7, 11) is 0. The summed E-state index contributed by atoms with van der Waals surface area (Å²) in [4.78, 5) is 0. The number of unbranched alkanes of at least 4 members (excludes halogenated alkanes) is 17. The average Bonchev–Trinajstić information content (AvgIpc) is 2.62. The van der Waals surface area contributed by atoms with Crippen molar-refractivity contribution >= 4 is 0 Å². The van der Waals surface area contributed by atoms with Crippen molar-refractivity contribution in [3.8, 4) is 0 Å². The van der Waals surface area contributed by atoms with Crippen LogP contribution in [0.4, 0.5) is 0 Å². The smallest absolute Gasteiger partial charge is 0.0383 e. The fourth-order valence-electron chi connectivity index (χ4n) is 3.75. The quantitative estimate of drug-likeness (QED) is 0.180. The zero-order valence-electron chi connectivity index (χ0n) is 18.3. The maximum atomic E-state index is 2.58. The molecule has 0 fully saturated rings. The van der Waals surface area contributed by atoms with E-state index in [1.807, 2.05) is 0 Å². The zero-order valence-corrected chi connectivity index (χ0v) is 18.3. The minimum Gasteiger partial charge on any atom is -0.0654 e. The number of hydrogen-bond donors (Lipinski definition) is 0. The highest BCUT2D eigenvalue weighted by atomic mass is 14.1. The van der Waals surface area contributed by atoms with Crippen molar-refractivity contribution in [2.24, 2.45) is 5.92 Å². The third kappa shape index (κ3) is 22.0. The van der Waals surface area contributed by atoms with Gasteiger partial charge in [0, 0.05) is 0 Å². The highest BCUT2D eigenvalue weighted by Gasteiger charge is 2.02. The van der Waals surface area contributed by atoms with Crippen molar-refractivity contribution in [3.05, 3.63) is 6.42 Å². The second kappa shape index (κ2) is 22.0. The second-order valence-corrected chi connectivity index (χ2v) is 8.51. The van der Waals surface area contributed by atoms with E-state index >= 15 is 0 Å². The van der Waals surface area contributed by atoms with E-state index in [9.17, 15) is 0 Å². The topological polar surface area (TPSA) is 0 Å². The Kier molecular flexibility index (Phi) is 22.0. The Morgan fingerprint density at radius 3 is 1.40 bits per heavy atom. The molecule has 0 saturated heterocycles. The van der Waals surface area contributed by atoms with Gasteiger partial charge in [-0.1, -0.05) is 143 Å². The minimum absolute atomic E-state index is 0.916. The predicted octanol–water partition coefficient (Wildman–Crippen LogP) is 9.67. The summed E-state index contributed by atoms with van der Waals surface area (Å²) in [6, 6.07) is 0. The fourth-order valence-corrected chi connectivity index (χ4v) is 3.75. The summed E-state index contributed by atoms with van der Waals surface area (Å²) in [6.45, 7) is 7.05. The maximum Gasteiger partial charge on any atom is -0.0383 e. The van der Waals surface area contributed by atoms with E-state index in [1.165, 1.54) is 128 Å². The van der Waals surface area contributed by atoms with Crippen LogP contribution >= 0.6 is 0 Å². The van der Waals surface area contributed by atoms with Crippen LogP contribution in [0.3, 0.4) is 0 Å². The van der Waals surface area contributed by atoms with Crippen LogP contribution in [0.5, 0.6) is 0 Å². The van der Waals surface area contributed by atoms with Crippen molar-refractivity contribution in [2.75, 3.05) is 0 Å². The second-order valence-electron chi connectivity index (χ2n) is 8.51. The first-order valence-corrected chi connectivity index (χ1v) is 12.1. The molecule has 0 saturated carbocycles. The van der Waals surface area contributed by atoms with E-state index in [4.69, 9.17) is 0 Å². The zero-order chi connectivity index (χ0) is 18.4. The van der Waals surface area contributed by atoms with Crippen molar-refractivity contribution in [3.63, 3.8) is 0 Å². The van der Waals surface area contributed by atoms with Crippen molar-refractivity contribution < 1.29 is 0 Å². The molecule has 0 N–H and O–H groups in total. The number of rotatable bonds is 21. The molecule has 0 aliphatic carbocycles. The molecule has 0 aliphatic rings. The highest BCUT2D eigenvalue weighted by Crippen LogP contribution is 2.18. The van der Waals surface area contributed by atoms with Crippen LogP contribution in [0.1, 0.15) is 149 Å². The van der Waals surface area contributed by atoms with Gasteiger partial charge >= 0.3 is 0 Å². The third-order valence-electron chi connectivity index (χ3n) is 5.63. The lowest BCUT2D eigenvalue weighted by atomic mass is 9.95. The first kappa shape index (κ1) is 25.0. The molecule has 25 heavy (non-hydrogen) atoms. The minimum atomic E-state index is 0.916. The van der Waals surface area contributed by atoms with Gasteiger partial charge in [-0.2, -0.15) is 0 Å². The van der Waals surface area contributed by atoms with Crippen molar-refractivity contribution in [1.82, 2.24) is 0 Å². The molecular formula is C25H51. The molecular weight excluding hydrogens is 300 g/mol. The largest absolute Gasteiger partial charge is 0.0654 e. The summed E-state index contributed by atoms with van der Waals surface area (Å²) in [5.41, 5.74) is 0. The summed E-state index contributed by atoms with van der Waals surface area (Å²) in [5, 5.41) is 0. The first-order valence-electron chi connectivity index (χ1n) is 12.1. The Morgan fingerprint density at radius 1 is 0.520 bits per heavy atom. The van der Waals surface area contributed by atoms with Crippen LogP contribution in [0.2, 0.25) is 0 Å². The molecule has 0 aromatic rings. The van der Waals surface area contributed by atoms with Gasteiger partial charge in [0.05, 0.1) is 0 Å². The van der Waals surface area contributed by atoms with Crippen LogP contribution < -0.4 is 0 Å². The molecule has 0 nitrogen and oxygen atoms in total. The lowest BCUT2D eigenvalue weighted by Gasteiger charge is -2.11. The van der Waals surface area contributed by atoms with Gasteiger partial charge in [-0.05, 0) is 18.8 Å². The molecule has 0 heteroatoms. The van der Waals surface area contributed by atoms with E-state index in [0.29, 0.717) is 0 Å². The standard InChI is InChI=1S/C25H51/c1-4-6-8-10-12-13-14-15-16-18-20-22-24-25(3)23-21-19-17-11-9-7-5-2/h22,25H,4-21,23-24H2,1-3H3. The molecule has 1 radical (unpaired) electrons. The maximum absolute atomic E-state index is 2.58. The summed E-state index contributed by atoms with van der Waals surface area (Å²) < 4.78 is 0. The van der Waals surface area contributed by atoms with Gasteiger partial charge in [0.2, 0.25) is 0 Å². The monoisotopic (exact) mass is 351 g/mol. The third-order valence-corrected chi connectivity index (χ3v) is 5.63. The van der Waals surface area contributed by atoms with Crippen LogP contribution in [-0.2, 0) is 0 Å². The molecule has 1 atom stereocenters. The van der Waals surface area contributed by atoms with E-state index < -0.39 is 0 Å². The molecule has 0 heterocycles. The Balaban J connectivity index is 3.11. The van der Waals surface area contributed by atoms with Crippen LogP contribution in [0.15, 0.2) is 0 Å². The summed E-state index contributed by atoms with van der Waals surface area (Å²) in [5.74, 6) is 0.916. The highest BCUT2D eigenvalue weighted by molar-refractivity contribution is 4.69. The molecule has 0 aliphatic heterocycles. The molecule has 1 unspecified atom stereocenters. The normalized spacial score (nSPS) is 12.6. The van der Waals surface area contributed by atoms with Gasteiger partial charge in [0.1, 0.15) is 0 Å². The summed E-state index contributed by atoms with van der Waals surface area (Å²) in [6.07, 6.45) is 31.4. The molecule has 0 bridgehead atoms. The van der Waals surface area contributed by atoms with Gasteiger partial charge in [0.15, 0.2) is 0 Å². The predicted molar refractivity (Wildman–Crippen MR) is 117 cm³/mol. The lowest BCUT2D eigenvalue weighted by molar-refractivity contribution is 0.468. The fraction of sp³-hybridized carbons (Fsp3) is 0.960. The van der Waals surface area contributed by atoms with Crippen LogP contribution in [0.25, 0.3) is 0 Å². The van der Waals surface area contributed by atoms with Crippen molar-refractivity contribution in [2.45, 2.75) is 149 Å². The molecule has 0 aromatic heterocycles. The van der Waals surface area contributed by atoms with E-state index in [2.05, 4.69) is 27.2 Å². The van der Waals surface area contributed by atoms with Crippen LogP contribution in [-0.4, -0.2) is 0 Å². The van der Waals surface area contributed by atoms with E-state index in [-0.39, 0.29) is 0 Å².